The van der Waals surface area contributed by atoms with Gasteiger partial charge >= 0.3 is 6.09 Å². The summed E-state index contributed by atoms with van der Waals surface area (Å²) in [5.41, 5.74) is 0.698. The number of rotatable bonds is 8. The minimum atomic E-state index is -0.466. The zero-order chi connectivity index (χ0) is 16.6. The lowest BCUT2D eigenvalue weighted by Gasteiger charge is -2.22. The molecule has 1 rings (SSSR count). The normalized spacial score (nSPS) is 13.0. The lowest BCUT2D eigenvalue weighted by Crippen LogP contribution is -2.42. The molecule has 0 aliphatic heterocycles. The van der Waals surface area contributed by atoms with Gasteiger partial charge in [-0.25, -0.2) is 4.79 Å². The number of hydrogen-bond donors (Lipinski definition) is 2. The smallest absolute Gasteiger partial charge is 0.407 e. The number of nitrogens with one attached hydrogen (secondary N) is 2. The van der Waals surface area contributed by atoms with Crippen molar-refractivity contribution in [1.82, 2.24) is 20.4 Å². The van der Waals surface area contributed by atoms with Crippen molar-refractivity contribution >= 4 is 6.09 Å². The Morgan fingerprint density at radius 1 is 1.41 bits per heavy atom. The maximum absolute atomic E-state index is 11.7. The van der Waals surface area contributed by atoms with Gasteiger partial charge in [0.25, 0.3) is 0 Å². The fourth-order valence-corrected chi connectivity index (χ4v) is 2.05. The van der Waals surface area contributed by atoms with E-state index in [2.05, 4.69) is 29.6 Å². The molecule has 0 spiro atoms. The summed E-state index contributed by atoms with van der Waals surface area (Å²) >= 11 is 0. The maximum atomic E-state index is 11.7. The summed E-state index contributed by atoms with van der Waals surface area (Å²) in [6.07, 6.45) is 3.44. The number of hydrogen-bond acceptors (Lipinski definition) is 4. The fourth-order valence-electron chi connectivity index (χ4n) is 2.05. The molecule has 2 N–H and O–H groups in total. The second kappa shape index (κ2) is 8.78. The monoisotopic (exact) mass is 310 g/mol. The molecular formula is C16H30N4O2. The van der Waals surface area contributed by atoms with E-state index in [-0.39, 0.29) is 12.1 Å². The first kappa shape index (κ1) is 18.5. The fraction of sp³-hybridized carbons (Fsp3) is 0.750. The Hall–Kier alpha value is -1.56. The van der Waals surface area contributed by atoms with Gasteiger partial charge in [-0.15, -0.1) is 0 Å². The number of aryl methyl sites for hydroxylation is 1. The zero-order valence-corrected chi connectivity index (χ0v) is 14.5. The molecule has 1 heterocycles. The molecule has 0 aliphatic carbocycles. The molecule has 0 aliphatic rings. The van der Waals surface area contributed by atoms with Crippen LogP contribution in [0, 0.1) is 0 Å². The Bertz CT molecular complexity index is 451. The van der Waals surface area contributed by atoms with Gasteiger partial charge in [-0.05, 0) is 39.7 Å². The van der Waals surface area contributed by atoms with E-state index in [1.165, 1.54) is 0 Å². The van der Waals surface area contributed by atoms with E-state index in [9.17, 15) is 4.79 Å². The van der Waals surface area contributed by atoms with Gasteiger partial charge in [0, 0.05) is 31.9 Å². The van der Waals surface area contributed by atoms with E-state index >= 15 is 0 Å². The SMILES string of the molecule is CCCn1nccc1CNC(CC)CNC(=O)OC(C)(C)C. The molecule has 0 bridgehead atoms. The van der Waals surface area contributed by atoms with Crippen LogP contribution < -0.4 is 10.6 Å². The van der Waals surface area contributed by atoms with Gasteiger partial charge in [0.05, 0.1) is 5.69 Å². The largest absolute Gasteiger partial charge is 0.444 e. The van der Waals surface area contributed by atoms with Crippen LogP contribution in [-0.4, -0.2) is 34.1 Å². The van der Waals surface area contributed by atoms with Gasteiger partial charge in [0.2, 0.25) is 0 Å². The predicted octanol–water partition coefficient (Wildman–Crippen LogP) is 2.69. The summed E-state index contributed by atoms with van der Waals surface area (Å²) in [6.45, 7) is 12.0. The highest BCUT2D eigenvalue weighted by Crippen LogP contribution is 2.06. The molecule has 1 amide bonds. The van der Waals surface area contributed by atoms with E-state index in [1.54, 1.807) is 0 Å². The first-order valence-electron chi connectivity index (χ1n) is 8.06. The van der Waals surface area contributed by atoms with Gasteiger partial charge in [0.1, 0.15) is 5.60 Å². The highest BCUT2D eigenvalue weighted by molar-refractivity contribution is 5.67. The lowest BCUT2D eigenvalue weighted by molar-refractivity contribution is 0.0522. The Labute approximate surface area is 133 Å². The topological polar surface area (TPSA) is 68.2 Å². The molecule has 6 heteroatoms. The third-order valence-electron chi connectivity index (χ3n) is 3.20. The summed E-state index contributed by atoms with van der Waals surface area (Å²) < 4.78 is 7.26. The maximum Gasteiger partial charge on any atom is 0.407 e. The molecule has 0 saturated carbocycles. The van der Waals surface area contributed by atoms with Crippen LogP contribution in [0.1, 0.15) is 53.2 Å². The van der Waals surface area contributed by atoms with Crippen LogP contribution in [0.4, 0.5) is 4.79 Å². The second-order valence-electron chi connectivity index (χ2n) is 6.41. The van der Waals surface area contributed by atoms with Crippen LogP contribution in [0.15, 0.2) is 12.3 Å². The van der Waals surface area contributed by atoms with Gasteiger partial charge in [0.15, 0.2) is 0 Å². The molecule has 22 heavy (non-hydrogen) atoms. The van der Waals surface area contributed by atoms with E-state index in [0.29, 0.717) is 6.54 Å². The number of carbonyl (C=O) groups excluding carboxylic acids is 1. The summed E-state index contributed by atoms with van der Waals surface area (Å²) in [6, 6.07) is 2.23. The van der Waals surface area contributed by atoms with Crippen molar-refractivity contribution in [2.45, 2.75) is 72.2 Å². The summed E-state index contributed by atoms with van der Waals surface area (Å²) in [7, 11) is 0. The van der Waals surface area contributed by atoms with Crippen LogP contribution in [0.2, 0.25) is 0 Å². The van der Waals surface area contributed by atoms with Crippen LogP contribution in [0.25, 0.3) is 0 Å². The highest BCUT2D eigenvalue weighted by Gasteiger charge is 2.17. The van der Waals surface area contributed by atoms with E-state index in [4.69, 9.17) is 4.74 Å². The lowest BCUT2D eigenvalue weighted by atomic mass is 10.2. The molecule has 1 aromatic rings. The van der Waals surface area contributed by atoms with Crippen molar-refractivity contribution in [1.29, 1.82) is 0 Å². The molecular weight excluding hydrogens is 280 g/mol. The molecule has 1 atom stereocenters. The molecule has 126 valence electrons. The third-order valence-corrected chi connectivity index (χ3v) is 3.20. The molecule has 6 nitrogen and oxygen atoms in total. The van der Waals surface area contributed by atoms with Crippen LogP contribution in [0.5, 0.6) is 0 Å². The number of ether oxygens (including phenoxy) is 1. The minimum Gasteiger partial charge on any atom is -0.444 e. The number of carbonyl (C=O) groups is 1. The number of nitrogens with zero attached hydrogens (tertiary/aromatic N) is 2. The van der Waals surface area contributed by atoms with Gasteiger partial charge < -0.3 is 15.4 Å². The first-order chi connectivity index (χ1) is 10.4. The molecule has 1 unspecified atom stereocenters. The number of alkyl carbamates (subject to hydrolysis) is 1. The van der Waals surface area contributed by atoms with Gasteiger partial charge in [-0.1, -0.05) is 13.8 Å². The van der Waals surface area contributed by atoms with Crippen LogP contribution >= 0.6 is 0 Å². The Kier molecular flexibility index (Phi) is 7.38. The minimum absolute atomic E-state index is 0.206. The average molecular weight is 310 g/mol. The van der Waals surface area contributed by atoms with E-state index < -0.39 is 5.60 Å². The van der Waals surface area contributed by atoms with Crippen molar-refractivity contribution in [3.8, 4) is 0 Å². The molecule has 0 saturated heterocycles. The molecule has 0 fully saturated rings. The third kappa shape index (κ3) is 6.93. The average Bonchev–Trinajstić information content (AvgIpc) is 2.85. The zero-order valence-electron chi connectivity index (χ0n) is 14.5. The van der Waals surface area contributed by atoms with Gasteiger partial charge in [-0.3, -0.25) is 4.68 Å². The Morgan fingerprint density at radius 3 is 2.73 bits per heavy atom. The summed E-state index contributed by atoms with van der Waals surface area (Å²) in [5.74, 6) is 0. The van der Waals surface area contributed by atoms with Crippen LogP contribution in [-0.2, 0) is 17.8 Å². The highest BCUT2D eigenvalue weighted by atomic mass is 16.6. The van der Waals surface area contributed by atoms with Gasteiger partial charge in [-0.2, -0.15) is 5.10 Å². The standard InChI is InChI=1S/C16H30N4O2/c1-6-10-20-14(8-9-19-20)12-17-13(7-2)11-18-15(21)22-16(3,4)5/h8-9,13,17H,6-7,10-12H2,1-5H3,(H,18,21). The van der Waals surface area contributed by atoms with Crippen molar-refractivity contribution in [3.63, 3.8) is 0 Å². The van der Waals surface area contributed by atoms with E-state index in [1.807, 2.05) is 37.7 Å². The van der Waals surface area contributed by atoms with Crippen molar-refractivity contribution in [2.75, 3.05) is 6.54 Å². The Balaban J connectivity index is 2.39. The van der Waals surface area contributed by atoms with Crippen LogP contribution in [0.3, 0.4) is 0 Å². The molecule has 0 aromatic carbocycles. The summed E-state index contributed by atoms with van der Waals surface area (Å²) in [4.78, 5) is 11.7. The summed E-state index contributed by atoms with van der Waals surface area (Å²) in [5, 5.41) is 10.6. The van der Waals surface area contributed by atoms with Crippen molar-refractivity contribution in [2.24, 2.45) is 0 Å². The quantitative estimate of drug-likeness (QED) is 0.774. The number of aromatic nitrogens is 2. The number of amides is 1. The second-order valence-corrected chi connectivity index (χ2v) is 6.41. The molecule has 1 aromatic heterocycles. The van der Waals surface area contributed by atoms with Crippen molar-refractivity contribution < 1.29 is 9.53 Å². The van der Waals surface area contributed by atoms with Crippen molar-refractivity contribution in [3.05, 3.63) is 18.0 Å². The Morgan fingerprint density at radius 2 is 2.14 bits per heavy atom. The van der Waals surface area contributed by atoms with E-state index in [0.717, 1.165) is 31.6 Å². The first-order valence-corrected chi connectivity index (χ1v) is 8.06. The predicted molar refractivity (Wildman–Crippen MR) is 87.7 cm³/mol. The molecule has 0 radical (unpaired) electrons.